The first-order valence-electron chi connectivity index (χ1n) is 9.48. The highest BCUT2D eigenvalue weighted by Crippen LogP contribution is 2.11. The van der Waals surface area contributed by atoms with E-state index in [4.69, 9.17) is 9.73 Å². The Bertz CT molecular complexity index is 711. The molecule has 0 atom stereocenters. The lowest BCUT2D eigenvalue weighted by Gasteiger charge is -2.12. The van der Waals surface area contributed by atoms with Gasteiger partial charge in [-0.15, -0.1) is 0 Å². The quantitative estimate of drug-likeness (QED) is 0.528. The Morgan fingerprint density at radius 2 is 1.74 bits per heavy atom. The maximum absolute atomic E-state index is 5.20. The molecule has 5 nitrogen and oxygen atoms in total. The third-order valence-corrected chi connectivity index (χ3v) is 4.12. The van der Waals surface area contributed by atoms with Crippen molar-refractivity contribution in [3.05, 3.63) is 65.2 Å². The number of methoxy groups -OCH3 is 1. The average molecular weight is 369 g/mol. The highest BCUT2D eigenvalue weighted by Gasteiger charge is 2.01. The van der Waals surface area contributed by atoms with E-state index in [-0.39, 0.29) is 0 Å². The number of nitrogens with one attached hydrogen (secondary N) is 2. The predicted molar refractivity (Wildman–Crippen MR) is 113 cm³/mol. The van der Waals surface area contributed by atoms with Gasteiger partial charge in [-0.25, -0.2) is 4.99 Å². The van der Waals surface area contributed by atoms with Gasteiger partial charge < -0.3 is 20.3 Å². The Morgan fingerprint density at radius 3 is 2.41 bits per heavy atom. The van der Waals surface area contributed by atoms with Crippen LogP contribution in [0.25, 0.3) is 0 Å². The van der Waals surface area contributed by atoms with E-state index in [1.165, 1.54) is 16.7 Å². The van der Waals surface area contributed by atoms with Crippen LogP contribution in [-0.2, 0) is 19.5 Å². The minimum Gasteiger partial charge on any atom is -0.497 e. The highest BCUT2D eigenvalue weighted by molar-refractivity contribution is 5.79. The van der Waals surface area contributed by atoms with Crippen molar-refractivity contribution in [1.29, 1.82) is 0 Å². The van der Waals surface area contributed by atoms with Gasteiger partial charge in [-0.1, -0.05) is 36.4 Å². The van der Waals surface area contributed by atoms with E-state index < -0.39 is 0 Å². The van der Waals surface area contributed by atoms with Crippen molar-refractivity contribution in [1.82, 2.24) is 15.5 Å². The van der Waals surface area contributed by atoms with E-state index in [0.29, 0.717) is 6.54 Å². The molecular weight excluding hydrogens is 336 g/mol. The second-order valence-corrected chi connectivity index (χ2v) is 6.78. The molecule has 5 heteroatoms. The van der Waals surface area contributed by atoms with Crippen LogP contribution in [0.2, 0.25) is 0 Å². The summed E-state index contributed by atoms with van der Waals surface area (Å²) in [4.78, 5) is 6.90. The first kappa shape index (κ1) is 20.8. The van der Waals surface area contributed by atoms with Crippen LogP contribution in [0, 0.1) is 0 Å². The zero-order valence-electron chi connectivity index (χ0n) is 17.0. The SMILES string of the molecule is CCNC(=NCc1cccc(CN(C)C)c1)NCCc1ccc(OC)cc1. The van der Waals surface area contributed by atoms with E-state index in [0.717, 1.165) is 37.8 Å². The zero-order valence-corrected chi connectivity index (χ0v) is 17.0. The second kappa shape index (κ2) is 11.2. The maximum atomic E-state index is 5.20. The summed E-state index contributed by atoms with van der Waals surface area (Å²) in [6.45, 7) is 5.36. The molecule has 0 saturated carbocycles. The second-order valence-electron chi connectivity index (χ2n) is 6.78. The number of hydrogen-bond donors (Lipinski definition) is 2. The molecule has 0 fully saturated rings. The highest BCUT2D eigenvalue weighted by atomic mass is 16.5. The Kier molecular flexibility index (Phi) is 8.65. The van der Waals surface area contributed by atoms with Crippen LogP contribution in [-0.4, -0.2) is 45.2 Å². The Morgan fingerprint density at radius 1 is 1.00 bits per heavy atom. The molecular formula is C22H32N4O. The number of hydrogen-bond acceptors (Lipinski definition) is 3. The molecule has 146 valence electrons. The average Bonchev–Trinajstić information content (AvgIpc) is 2.66. The summed E-state index contributed by atoms with van der Waals surface area (Å²) in [6.07, 6.45) is 0.937. The third kappa shape index (κ3) is 7.71. The lowest BCUT2D eigenvalue weighted by molar-refractivity contribution is 0.402. The molecule has 0 amide bonds. The van der Waals surface area contributed by atoms with Gasteiger partial charge in [0.2, 0.25) is 0 Å². The van der Waals surface area contributed by atoms with Gasteiger partial charge in [0.05, 0.1) is 13.7 Å². The Balaban J connectivity index is 1.89. The molecule has 0 aromatic heterocycles. The lowest BCUT2D eigenvalue weighted by Crippen LogP contribution is -2.38. The zero-order chi connectivity index (χ0) is 19.5. The number of rotatable bonds is 9. The van der Waals surface area contributed by atoms with Crippen LogP contribution in [0.3, 0.4) is 0 Å². The van der Waals surface area contributed by atoms with Crippen molar-refractivity contribution >= 4 is 5.96 Å². The van der Waals surface area contributed by atoms with Crippen molar-refractivity contribution < 1.29 is 4.74 Å². The van der Waals surface area contributed by atoms with Crippen molar-refractivity contribution in [3.8, 4) is 5.75 Å². The molecule has 2 N–H and O–H groups in total. The van der Waals surface area contributed by atoms with Gasteiger partial charge in [-0.2, -0.15) is 0 Å². The fourth-order valence-corrected chi connectivity index (χ4v) is 2.82. The van der Waals surface area contributed by atoms with Gasteiger partial charge in [0.15, 0.2) is 5.96 Å². The molecule has 0 bridgehead atoms. The summed E-state index contributed by atoms with van der Waals surface area (Å²) in [5.74, 6) is 1.74. The number of aliphatic imine (C=N–C) groups is 1. The first-order valence-corrected chi connectivity index (χ1v) is 9.48. The third-order valence-electron chi connectivity index (χ3n) is 4.12. The van der Waals surface area contributed by atoms with Crippen LogP contribution in [0.1, 0.15) is 23.6 Å². The predicted octanol–water partition coefficient (Wildman–Crippen LogP) is 3.05. The van der Waals surface area contributed by atoms with Gasteiger partial charge in [0, 0.05) is 19.6 Å². The minimum atomic E-state index is 0.666. The molecule has 2 aromatic rings. The van der Waals surface area contributed by atoms with Crippen molar-refractivity contribution in [2.75, 3.05) is 34.3 Å². The number of guanidine groups is 1. The summed E-state index contributed by atoms with van der Waals surface area (Å²) in [7, 11) is 5.85. The molecule has 2 rings (SSSR count). The molecule has 0 aliphatic carbocycles. The molecule has 0 radical (unpaired) electrons. The van der Waals surface area contributed by atoms with Gasteiger partial charge in [0.25, 0.3) is 0 Å². The first-order chi connectivity index (χ1) is 13.1. The van der Waals surface area contributed by atoms with E-state index >= 15 is 0 Å². The normalized spacial score (nSPS) is 11.5. The smallest absolute Gasteiger partial charge is 0.191 e. The monoisotopic (exact) mass is 368 g/mol. The van der Waals surface area contributed by atoms with Gasteiger partial charge >= 0.3 is 0 Å². The van der Waals surface area contributed by atoms with Crippen LogP contribution >= 0.6 is 0 Å². The number of benzene rings is 2. The van der Waals surface area contributed by atoms with Gasteiger partial charge in [-0.05, 0) is 56.3 Å². The van der Waals surface area contributed by atoms with E-state index in [1.54, 1.807) is 7.11 Å². The van der Waals surface area contributed by atoms with Crippen LogP contribution < -0.4 is 15.4 Å². The molecule has 0 aliphatic rings. The van der Waals surface area contributed by atoms with Crippen molar-refractivity contribution in [2.24, 2.45) is 4.99 Å². The van der Waals surface area contributed by atoms with Crippen molar-refractivity contribution in [3.63, 3.8) is 0 Å². The topological polar surface area (TPSA) is 48.9 Å². The van der Waals surface area contributed by atoms with Crippen LogP contribution in [0.5, 0.6) is 5.75 Å². The maximum Gasteiger partial charge on any atom is 0.191 e. The fraction of sp³-hybridized carbons (Fsp3) is 0.409. The lowest BCUT2D eigenvalue weighted by atomic mass is 10.1. The molecule has 27 heavy (non-hydrogen) atoms. The molecule has 0 spiro atoms. The Labute approximate surface area is 163 Å². The van der Waals surface area contributed by atoms with Gasteiger partial charge in [0.1, 0.15) is 5.75 Å². The van der Waals surface area contributed by atoms with Gasteiger partial charge in [-0.3, -0.25) is 0 Å². The molecule has 0 heterocycles. The Hall–Kier alpha value is -2.53. The van der Waals surface area contributed by atoms with E-state index in [1.807, 2.05) is 12.1 Å². The largest absolute Gasteiger partial charge is 0.497 e. The van der Waals surface area contributed by atoms with Crippen LogP contribution in [0.15, 0.2) is 53.5 Å². The fourth-order valence-electron chi connectivity index (χ4n) is 2.82. The standard InChI is InChI=1S/C22H32N4O/c1-5-23-22(24-14-13-18-9-11-21(27-4)12-10-18)25-16-19-7-6-8-20(15-19)17-26(2)3/h6-12,15H,5,13-14,16-17H2,1-4H3,(H2,23,24,25). The number of nitrogens with zero attached hydrogens (tertiary/aromatic N) is 2. The summed E-state index contributed by atoms with van der Waals surface area (Å²) >= 11 is 0. The molecule has 0 aliphatic heterocycles. The molecule has 2 aromatic carbocycles. The molecule has 0 saturated heterocycles. The van der Waals surface area contributed by atoms with Crippen LogP contribution in [0.4, 0.5) is 0 Å². The summed E-state index contributed by atoms with van der Waals surface area (Å²) < 4.78 is 5.20. The van der Waals surface area contributed by atoms with Crippen molar-refractivity contribution in [2.45, 2.75) is 26.4 Å². The molecule has 0 unspecified atom stereocenters. The summed E-state index contributed by atoms with van der Waals surface area (Å²) in [6, 6.07) is 16.8. The minimum absolute atomic E-state index is 0.666. The summed E-state index contributed by atoms with van der Waals surface area (Å²) in [5, 5.41) is 6.73. The van der Waals surface area contributed by atoms with E-state index in [9.17, 15) is 0 Å². The van der Waals surface area contributed by atoms with E-state index in [2.05, 4.69) is 73.0 Å². The summed E-state index contributed by atoms with van der Waals surface area (Å²) in [5.41, 5.74) is 3.81. The number of ether oxygens (including phenoxy) is 1.